The van der Waals surface area contributed by atoms with Gasteiger partial charge in [-0.05, 0) is 36.4 Å². The summed E-state index contributed by atoms with van der Waals surface area (Å²) in [6.45, 7) is 0.108. The number of benzene rings is 2. The Morgan fingerprint density at radius 2 is 1.61 bits per heavy atom. The lowest BCUT2D eigenvalue weighted by molar-refractivity contribution is 0.101. The van der Waals surface area contributed by atoms with Gasteiger partial charge in [0, 0.05) is 27.2 Å². The number of halogens is 2. The van der Waals surface area contributed by atoms with Gasteiger partial charge in [-0.15, -0.1) is 0 Å². The van der Waals surface area contributed by atoms with Crippen LogP contribution in [0.2, 0.25) is 10.0 Å². The molecular weight excluding hydrogens is 335 g/mol. The molecule has 3 rings (SSSR count). The smallest absolute Gasteiger partial charge is 0.225 e. The summed E-state index contributed by atoms with van der Waals surface area (Å²) in [6.07, 6.45) is 0. The molecule has 23 heavy (non-hydrogen) atoms. The van der Waals surface area contributed by atoms with E-state index in [1.54, 1.807) is 42.5 Å². The van der Waals surface area contributed by atoms with Crippen LogP contribution in [0.5, 0.6) is 0 Å². The number of nitrogens with zero attached hydrogens (tertiary/aromatic N) is 1. The number of aromatic nitrogens is 1. The van der Waals surface area contributed by atoms with E-state index in [1.165, 1.54) is 0 Å². The number of rotatable bonds is 5. The van der Waals surface area contributed by atoms with Crippen LogP contribution in [0, 0.1) is 0 Å². The summed E-state index contributed by atoms with van der Waals surface area (Å²) in [6, 6.07) is 15.7. The maximum atomic E-state index is 12.1. The van der Waals surface area contributed by atoms with Gasteiger partial charge in [-0.2, -0.15) is 0 Å². The van der Waals surface area contributed by atoms with Gasteiger partial charge in [0.2, 0.25) is 5.88 Å². The summed E-state index contributed by atoms with van der Waals surface area (Å²) in [7, 11) is 0. The van der Waals surface area contributed by atoms with Crippen molar-refractivity contribution >= 4 is 34.9 Å². The predicted molar refractivity (Wildman–Crippen MR) is 91.2 cm³/mol. The molecule has 0 radical (unpaired) electrons. The molecule has 1 aromatic heterocycles. The van der Waals surface area contributed by atoms with Gasteiger partial charge in [-0.3, -0.25) is 4.79 Å². The van der Waals surface area contributed by atoms with Gasteiger partial charge in [-0.1, -0.05) is 40.5 Å². The second-order valence-corrected chi connectivity index (χ2v) is 5.74. The van der Waals surface area contributed by atoms with Gasteiger partial charge in [0.05, 0.1) is 6.54 Å². The van der Waals surface area contributed by atoms with Crippen molar-refractivity contribution in [3.05, 3.63) is 70.2 Å². The highest BCUT2D eigenvalue weighted by atomic mass is 35.5. The number of ketones is 1. The highest BCUT2D eigenvalue weighted by Gasteiger charge is 2.09. The number of hydrogen-bond donors (Lipinski definition) is 1. The van der Waals surface area contributed by atoms with Crippen LogP contribution in [0.25, 0.3) is 11.3 Å². The van der Waals surface area contributed by atoms with E-state index in [2.05, 4.69) is 10.5 Å². The number of anilines is 1. The first kappa shape index (κ1) is 15.6. The fraction of sp³-hybridized carbons (Fsp3) is 0.0588. The Hall–Kier alpha value is -2.30. The molecule has 0 amide bonds. The van der Waals surface area contributed by atoms with Gasteiger partial charge >= 0.3 is 0 Å². The van der Waals surface area contributed by atoms with Crippen LogP contribution in [0.4, 0.5) is 5.88 Å². The first-order valence-corrected chi connectivity index (χ1v) is 7.63. The van der Waals surface area contributed by atoms with Crippen molar-refractivity contribution in [3.8, 4) is 11.3 Å². The first-order valence-electron chi connectivity index (χ1n) is 6.87. The van der Waals surface area contributed by atoms with Crippen LogP contribution in [0.1, 0.15) is 10.4 Å². The van der Waals surface area contributed by atoms with E-state index >= 15 is 0 Å². The van der Waals surface area contributed by atoms with Crippen molar-refractivity contribution in [2.75, 3.05) is 11.9 Å². The molecule has 0 spiro atoms. The van der Waals surface area contributed by atoms with Crippen LogP contribution in [-0.4, -0.2) is 17.5 Å². The van der Waals surface area contributed by atoms with Gasteiger partial charge in [0.15, 0.2) is 5.78 Å². The molecule has 0 saturated carbocycles. The molecule has 4 nitrogen and oxygen atoms in total. The quantitative estimate of drug-likeness (QED) is 0.664. The van der Waals surface area contributed by atoms with Crippen molar-refractivity contribution in [1.82, 2.24) is 5.16 Å². The van der Waals surface area contributed by atoms with Crippen LogP contribution in [0.3, 0.4) is 0 Å². The molecule has 0 unspecified atom stereocenters. The topological polar surface area (TPSA) is 55.1 Å². The molecule has 1 N–H and O–H groups in total. The first-order chi connectivity index (χ1) is 11.1. The van der Waals surface area contributed by atoms with E-state index < -0.39 is 0 Å². The van der Waals surface area contributed by atoms with Crippen LogP contribution in [0.15, 0.2) is 59.1 Å². The third kappa shape index (κ3) is 3.92. The second kappa shape index (κ2) is 6.86. The lowest BCUT2D eigenvalue weighted by Crippen LogP contribution is -2.13. The summed E-state index contributed by atoms with van der Waals surface area (Å²) in [5.74, 6) is 0.364. The maximum absolute atomic E-state index is 12.1. The molecule has 0 aliphatic carbocycles. The molecule has 0 aliphatic rings. The standard InChI is InChI=1S/C17H12Cl2N2O2/c18-13-5-1-11(2-6-13)15-9-17(23-21-15)20-10-16(22)12-3-7-14(19)8-4-12/h1-9,20H,10H2. The number of nitrogens with one attached hydrogen (secondary N) is 1. The van der Waals surface area contributed by atoms with Crippen LogP contribution < -0.4 is 5.32 Å². The van der Waals surface area contributed by atoms with E-state index in [0.29, 0.717) is 27.2 Å². The minimum atomic E-state index is -0.0638. The lowest BCUT2D eigenvalue weighted by Gasteiger charge is -2.01. The van der Waals surface area contributed by atoms with Gasteiger partial charge in [0.25, 0.3) is 0 Å². The van der Waals surface area contributed by atoms with Crippen molar-refractivity contribution in [2.45, 2.75) is 0 Å². The highest BCUT2D eigenvalue weighted by Crippen LogP contribution is 2.23. The van der Waals surface area contributed by atoms with Crippen LogP contribution in [-0.2, 0) is 0 Å². The zero-order valence-corrected chi connectivity index (χ0v) is 13.4. The molecule has 0 fully saturated rings. The second-order valence-electron chi connectivity index (χ2n) is 4.87. The average molecular weight is 347 g/mol. The van der Waals surface area contributed by atoms with Crippen LogP contribution >= 0.6 is 23.2 Å². The van der Waals surface area contributed by atoms with E-state index in [4.69, 9.17) is 27.7 Å². The normalized spacial score (nSPS) is 10.5. The number of Topliss-reactive ketones (excluding diaryl/α,β-unsaturated/α-hetero) is 1. The van der Waals surface area contributed by atoms with E-state index in [1.807, 2.05) is 12.1 Å². The summed E-state index contributed by atoms with van der Waals surface area (Å²) >= 11 is 11.7. The monoisotopic (exact) mass is 346 g/mol. The molecule has 0 aliphatic heterocycles. The fourth-order valence-electron chi connectivity index (χ4n) is 2.02. The van der Waals surface area contributed by atoms with Gasteiger partial charge in [-0.25, -0.2) is 0 Å². The van der Waals surface area contributed by atoms with E-state index in [9.17, 15) is 4.79 Å². The molecule has 1 heterocycles. The lowest BCUT2D eigenvalue weighted by atomic mass is 10.1. The molecule has 6 heteroatoms. The fourth-order valence-corrected chi connectivity index (χ4v) is 2.27. The Labute approximate surface area is 143 Å². The van der Waals surface area contributed by atoms with E-state index in [0.717, 1.165) is 5.56 Å². The minimum absolute atomic E-state index is 0.0638. The minimum Gasteiger partial charge on any atom is -0.347 e. The summed E-state index contributed by atoms with van der Waals surface area (Å²) in [5.41, 5.74) is 2.14. The van der Waals surface area contributed by atoms with Gasteiger partial charge < -0.3 is 9.84 Å². The molecule has 2 aromatic carbocycles. The average Bonchev–Trinajstić information content (AvgIpc) is 3.03. The predicted octanol–water partition coefficient (Wildman–Crippen LogP) is 4.94. The molecule has 0 atom stereocenters. The molecule has 0 bridgehead atoms. The summed E-state index contributed by atoms with van der Waals surface area (Å²) < 4.78 is 5.19. The number of carbonyl (C=O) groups excluding carboxylic acids is 1. The third-order valence-electron chi connectivity index (χ3n) is 3.24. The zero-order valence-electron chi connectivity index (χ0n) is 11.9. The Bertz CT molecular complexity index is 811. The Morgan fingerprint density at radius 3 is 2.26 bits per heavy atom. The molecular formula is C17H12Cl2N2O2. The summed E-state index contributed by atoms with van der Waals surface area (Å²) in [5, 5.41) is 8.14. The zero-order chi connectivity index (χ0) is 16.2. The Morgan fingerprint density at radius 1 is 1.00 bits per heavy atom. The maximum Gasteiger partial charge on any atom is 0.225 e. The van der Waals surface area contributed by atoms with E-state index in [-0.39, 0.29) is 12.3 Å². The Kier molecular flexibility index (Phi) is 4.65. The van der Waals surface area contributed by atoms with Gasteiger partial charge in [0.1, 0.15) is 5.69 Å². The largest absolute Gasteiger partial charge is 0.347 e. The molecule has 116 valence electrons. The molecule has 3 aromatic rings. The van der Waals surface area contributed by atoms with Crippen molar-refractivity contribution in [2.24, 2.45) is 0 Å². The SMILES string of the molecule is O=C(CNc1cc(-c2ccc(Cl)cc2)no1)c1ccc(Cl)cc1. The third-order valence-corrected chi connectivity index (χ3v) is 3.74. The number of carbonyl (C=O) groups is 1. The van der Waals surface area contributed by atoms with Crippen molar-refractivity contribution in [3.63, 3.8) is 0 Å². The highest BCUT2D eigenvalue weighted by molar-refractivity contribution is 6.31. The number of hydrogen-bond acceptors (Lipinski definition) is 4. The van der Waals surface area contributed by atoms with Crippen molar-refractivity contribution in [1.29, 1.82) is 0 Å². The van der Waals surface area contributed by atoms with Crippen molar-refractivity contribution < 1.29 is 9.32 Å². The summed E-state index contributed by atoms with van der Waals surface area (Å²) in [4.78, 5) is 12.1. The molecule has 0 saturated heterocycles. The Balaban J connectivity index is 1.64.